The number of imidazole rings is 1. The first-order chi connectivity index (χ1) is 21.2. The molecule has 1 aromatic carbocycles. The third kappa shape index (κ3) is 6.57. The Hall–Kier alpha value is -4.66. The van der Waals surface area contributed by atoms with Gasteiger partial charge in [-0.1, -0.05) is 6.08 Å². The van der Waals surface area contributed by atoms with Crippen LogP contribution in [-0.2, 0) is 31.4 Å². The molecule has 14 nitrogen and oxygen atoms in total. The van der Waals surface area contributed by atoms with E-state index in [2.05, 4.69) is 21.9 Å². The van der Waals surface area contributed by atoms with Crippen LogP contribution in [0.4, 0.5) is 4.79 Å². The van der Waals surface area contributed by atoms with E-state index in [4.69, 9.17) is 14.2 Å². The summed E-state index contributed by atoms with van der Waals surface area (Å²) in [6.45, 7) is 8.85. The summed E-state index contributed by atoms with van der Waals surface area (Å²) < 4.78 is 46.3. The minimum Gasteiger partial charge on any atom is -0.497 e. The highest BCUT2D eigenvalue weighted by Gasteiger charge is 2.61. The van der Waals surface area contributed by atoms with Gasteiger partial charge in [0.2, 0.25) is 11.8 Å². The van der Waals surface area contributed by atoms with Gasteiger partial charge in [0.1, 0.15) is 29.0 Å². The molecule has 45 heavy (non-hydrogen) atoms. The number of nitrogens with zero attached hydrogens (tertiary/aromatic N) is 4. The summed E-state index contributed by atoms with van der Waals surface area (Å²) in [7, 11) is -1.15. The Balaban J connectivity index is 1.38. The second kappa shape index (κ2) is 11.7. The maximum Gasteiger partial charge on any atom is 0.411 e. The van der Waals surface area contributed by atoms with Crippen LogP contribution in [0.3, 0.4) is 0 Å². The van der Waals surface area contributed by atoms with E-state index in [1.807, 2.05) is 22.9 Å². The molecule has 1 unspecified atom stereocenters. The first kappa shape index (κ1) is 31.8. The first-order valence-electron chi connectivity index (χ1n) is 14.2. The third-order valence-electron chi connectivity index (χ3n) is 7.64. The summed E-state index contributed by atoms with van der Waals surface area (Å²) in [5.74, 6) is -1.17. The number of hydrogen-bond acceptors (Lipinski definition) is 10. The van der Waals surface area contributed by atoms with E-state index in [9.17, 15) is 22.8 Å². The number of hydrogen-bond donors (Lipinski definition) is 2. The van der Waals surface area contributed by atoms with Gasteiger partial charge in [0.15, 0.2) is 5.03 Å². The quantitative estimate of drug-likeness (QED) is 0.331. The summed E-state index contributed by atoms with van der Waals surface area (Å²) in [6.07, 6.45) is 4.38. The van der Waals surface area contributed by atoms with E-state index < -0.39 is 57.1 Å². The summed E-state index contributed by atoms with van der Waals surface area (Å²) in [6, 6.07) is 6.14. The molecule has 3 amide bonds. The minimum atomic E-state index is -4.32. The van der Waals surface area contributed by atoms with Crippen LogP contribution in [0.1, 0.15) is 33.6 Å². The molecule has 3 heterocycles. The van der Waals surface area contributed by atoms with Crippen LogP contribution in [0.2, 0.25) is 0 Å². The number of carbonyl (C=O) groups excluding carboxylic acids is 3. The second-order valence-corrected chi connectivity index (χ2v) is 13.8. The number of rotatable bonds is 9. The zero-order valence-corrected chi connectivity index (χ0v) is 26.5. The number of amides is 3. The molecule has 2 fully saturated rings. The standard InChI is InChI=1S/C30H36N6O8S/c1-7-19-14-30(19,27(38)34-45(40,41)24-16-35(5)17-32-24)33-25(37)23-13-21(15-36(23)28(39)44-29(2,3)4)43-26-22-9-8-20(42-6)12-18(22)10-11-31-26/h7-12,16-17,19,21,23H,1,13-15H2,2-6H3,(H,33,37)(H,34,38)/t19-,21-,23?,30-/m1/s1. The smallest absolute Gasteiger partial charge is 0.411 e. The van der Waals surface area contributed by atoms with Crippen molar-refractivity contribution in [2.45, 2.75) is 61.9 Å². The maximum absolute atomic E-state index is 13.8. The van der Waals surface area contributed by atoms with E-state index >= 15 is 0 Å². The summed E-state index contributed by atoms with van der Waals surface area (Å²) in [4.78, 5) is 50.0. The van der Waals surface area contributed by atoms with Crippen LogP contribution in [0.5, 0.6) is 11.6 Å². The zero-order chi connectivity index (χ0) is 32.7. The van der Waals surface area contributed by atoms with Crippen molar-refractivity contribution < 1.29 is 37.0 Å². The Morgan fingerprint density at radius 3 is 2.56 bits per heavy atom. The zero-order valence-electron chi connectivity index (χ0n) is 25.6. The predicted molar refractivity (Wildman–Crippen MR) is 162 cm³/mol. The Morgan fingerprint density at radius 1 is 1.18 bits per heavy atom. The number of aryl methyl sites for hydroxylation is 1. The van der Waals surface area contributed by atoms with Gasteiger partial charge in [0, 0.05) is 37.2 Å². The van der Waals surface area contributed by atoms with E-state index in [1.165, 1.54) is 28.1 Å². The van der Waals surface area contributed by atoms with Crippen LogP contribution in [0.15, 0.2) is 60.7 Å². The molecule has 0 spiro atoms. The fourth-order valence-electron chi connectivity index (χ4n) is 5.29. The Bertz CT molecular complexity index is 1770. The van der Waals surface area contributed by atoms with Crippen molar-refractivity contribution in [3.63, 3.8) is 0 Å². The number of pyridine rings is 1. The van der Waals surface area contributed by atoms with Crippen molar-refractivity contribution in [2.75, 3.05) is 13.7 Å². The second-order valence-electron chi connectivity index (χ2n) is 12.1. The lowest BCUT2D eigenvalue weighted by molar-refractivity contribution is -0.131. The number of ether oxygens (including phenoxy) is 3. The van der Waals surface area contributed by atoms with Crippen LogP contribution >= 0.6 is 0 Å². The molecule has 240 valence electrons. The summed E-state index contributed by atoms with van der Waals surface area (Å²) in [5, 5.41) is 3.91. The molecular formula is C30H36N6O8S. The van der Waals surface area contributed by atoms with Gasteiger partial charge in [-0.3, -0.25) is 14.5 Å². The lowest BCUT2D eigenvalue weighted by atomic mass is 10.1. The molecule has 1 saturated heterocycles. The lowest BCUT2D eigenvalue weighted by Gasteiger charge is -2.29. The highest BCUT2D eigenvalue weighted by Crippen LogP contribution is 2.45. The largest absolute Gasteiger partial charge is 0.497 e. The van der Waals surface area contributed by atoms with Crippen molar-refractivity contribution in [3.05, 3.63) is 55.6 Å². The van der Waals surface area contributed by atoms with E-state index in [-0.39, 0.29) is 24.4 Å². The van der Waals surface area contributed by atoms with Crippen molar-refractivity contribution in [2.24, 2.45) is 13.0 Å². The molecule has 0 bridgehead atoms. The van der Waals surface area contributed by atoms with Crippen molar-refractivity contribution >= 4 is 38.7 Å². The molecule has 1 saturated carbocycles. The van der Waals surface area contributed by atoms with Gasteiger partial charge in [0.05, 0.1) is 20.0 Å². The fraction of sp³-hybridized carbons (Fsp3) is 0.433. The van der Waals surface area contributed by atoms with Gasteiger partial charge in [-0.25, -0.2) is 19.5 Å². The molecule has 2 aromatic heterocycles. The molecule has 0 radical (unpaired) electrons. The van der Waals surface area contributed by atoms with Gasteiger partial charge in [0.25, 0.3) is 15.9 Å². The maximum atomic E-state index is 13.8. The molecule has 15 heteroatoms. The fourth-order valence-corrected chi connectivity index (χ4v) is 6.31. The number of aromatic nitrogens is 3. The number of fused-ring (bicyclic) bond motifs is 1. The number of carbonyl (C=O) groups is 3. The van der Waals surface area contributed by atoms with Gasteiger partial charge >= 0.3 is 6.09 Å². The van der Waals surface area contributed by atoms with Gasteiger partial charge in [-0.05, 0) is 56.8 Å². The van der Waals surface area contributed by atoms with E-state index in [0.717, 1.165) is 5.39 Å². The molecule has 1 aliphatic heterocycles. The van der Waals surface area contributed by atoms with Gasteiger partial charge < -0.3 is 24.1 Å². The normalized spacial score (nSPS) is 22.9. The average Bonchev–Trinajstić information content (AvgIpc) is 3.25. The number of benzene rings is 1. The molecule has 2 N–H and O–H groups in total. The van der Waals surface area contributed by atoms with Crippen molar-refractivity contribution in [1.82, 2.24) is 29.5 Å². The van der Waals surface area contributed by atoms with Crippen LogP contribution in [0, 0.1) is 5.92 Å². The molecule has 4 atom stereocenters. The third-order valence-corrected chi connectivity index (χ3v) is 8.86. The predicted octanol–water partition coefficient (Wildman–Crippen LogP) is 2.30. The Kier molecular flexibility index (Phi) is 8.25. The topological polar surface area (TPSA) is 171 Å². The monoisotopic (exact) mass is 640 g/mol. The molecule has 3 aromatic rings. The average molecular weight is 641 g/mol. The summed E-state index contributed by atoms with van der Waals surface area (Å²) >= 11 is 0. The molecule has 1 aliphatic carbocycles. The Morgan fingerprint density at radius 2 is 1.93 bits per heavy atom. The first-order valence-corrected chi connectivity index (χ1v) is 15.7. The van der Waals surface area contributed by atoms with Crippen molar-refractivity contribution in [1.29, 1.82) is 0 Å². The highest BCUT2D eigenvalue weighted by atomic mass is 32.2. The number of sulfonamides is 1. The minimum absolute atomic E-state index is 0.000633. The van der Waals surface area contributed by atoms with Gasteiger partial charge in [-0.2, -0.15) is 8.42 Å². The van der Waals surface area contributed by atoms with Crippen LogP contribution < -0.4 is 19.5 Å². The highest BCUT2D eigenvalue weighted by molar-refractivity contribution is 7.90. The molecule has 5 rings (SSSR count). The lowest BCUT2D eigenvalue weighted by Crippen LogP contribution is -2.56. The van der Waals surface area contributed by atoms with Gasteiger partial charge in [-0.15, -0.1) is 6.58 Å². The van der Waals surface area contributed by atoms with Crippen molar-refractivity contribution in [3.8, 4) is 11.6 Å². The molecular weight excluding hydrogens is 604 g/mol. The van der Waals surface area contributed by atoms with Crippen LogP contribution in [-0.4, -0.2) is 82.7 Å². The number of methoxy groups -OCH3 is 1. The number of likely N-dealkylation sites (tertiary alicyclic amines) is 1. The van der Waals surface area contributed by atoms with Crippen LogP contribution in [0.25, 0.3) is 10.8 Å². The Labute approximate surface area is 260 Å². The number of nitrogens with one attached hydrogen (secondary N) is 2. The molecule has 2 aliphatic rings. The van der Waals surface area contributed by atoms with E-state index in [0.29, 0.717) is 17.0 Å². The van der Waals surface area contributed by atoms with E-state index in [1.54, 1.807) is 47.2 Å². The SMILES string of the molecule is C=C[C@@H]1C[C@]1(NC(=O)C1C[C@@H](Oc2nccc3cc(OC)ccc23)CN1C(=O)OC(C)(C)C)C(=O)NS(=O)(=O)c1cn(C)cn1. The summed E-state index contributed by atoms with van der Waals surface area (Å²) in [5.41, 5.74) is -2.44.